The Hall–Kier alpha value is -6.08. The van der Waals surface area contributed by atoms with Gasteiger partial charge in [0.05, 0.1) is 0 Å². The molecule has 4 N–H and O–H groups in total. The van der Waals surface area contributed by atoms with Gasteiger partial charge in [0.15, 0.2) is 0 Å². The van der Waals surface area contributed by atoms with E-state index < -0.39 is 0 Å². The van der Waals surface area contributed by atoms with Crippen molar-refractivity contribution in [2.45, 2.75) is 105 Å². The molecule has 0 radical (unpaired) electrons. The monoisotopic (exact) mass is 792 g/mol. The first-order chi connectivity index (χ1) is 27.5. The van der Waals surface area contributed by atoms with Gasteiger partial charge in [-0.25, -0.2) is 0 Å². The molecule has 59 heavy (non-hydrogen) atoms. The fourth-order valence-electron chi connectivity index (χ4n) is 6.85. The number of rotatable bonds is 10. The predicted molar refractivity (Wildman–Crippen MR) is 243 cm³/mol. The Morgan fingerprint density at radius 3 is 0.864 bits per heavy atom. The molecule has 0 bridgehead atoms. The predicted octanol–water partition coefficient (Wildman–Crippen LogP) is 15.0. The highest BCUT2D eigenvalue weighted by Crippen LogP contribution is 2.50. The molecule has 6 aromatic rings. The molecule has 0 aliphatic carbocycles. The minimum atomic E-state index is -0.385. The van der Waals surface area contributed by atoms with Crippen molar-refractivity contribution >= 4 is 11.4 Å². The Labute approximate surface area is 351 Å². The first-order valence-corrected chi connectivity index (χ1v) is 20.2. The molecule has 0 saturated heterocycles. The second-order valence-electron chi connectivity index (χ2n) is 19.3. The topological polar surface area (TPSA) is 98.2 Å². The molecule has 0 atom stereocenters. The summed E-state index contributed by atoms with van der Waals surface area (Å²) in [6, 6.07) is 38.7. The number of anilines is 2. The summed E-state index contributed by atoms with van der Waals surface area (Å²) in [5, 5.41) is 0. The zero-order valence-electron chi connectivity index (χ0n) is 36.7. The van der Waals surface area contributed by atoms with Gasteiger partial charge in [0.2, 0.25) is 0 Å². The summed E-state index contributed by atoms with van der Waals surface area (Å²) in [6.45, 7) is 26.3. The van der Waals surface area contributed by atoms with Gasteiger partial charge in [0.1, 0.15) is 57.5 Å². The maximum absolute atomic E-state index is 7.32. The molecule has 0 aliphatic rings. The number of hydrogen-bond donors (Lipinski definition) is 2. The molecule has 0 fully saturated rings. The van der Waals surface area contributed by atoms with Crippen molar-refractivity contribution in [1.82, 2.24) is 0 Å². The van der Waals surface area contributed by atoms with Crippen molar-refractivity contribution in [3.63, 3.8) is 0 Å². The first kappa shape index (κ1) is 42.5. The average molecular weight is 793 g/mol. The quantitative estimate of drug-likeness (QED) is 0.133. The molecule has 6 aromatic carbocycles. The zero-order chi connectivity index (χ0) is 42.9. The van der Waals surface area contributed by atoms with Crippen LogP contribution in [0.4, 0.5) is 11.4 Å². The lowest BCUT2D eigenvalue weighted by Gasteiger charge is -2.32. The van der Waals surface area contributed by atoms with Crippen molar-refractivity contribution in [2.75, 3.05) is 11.5 Å². The molecule has 0 amide bonds. The fraction of sp³-hybridized carbons (Fsp3) is 0.308. The molecule has 308 valence electrons. The van der Waals surface area contributed by atoms with E-state index in [2.05, 4.69) is 107 Å². The van der Waals surface area contributed by atoms with E-state index in [9.17, 15) is 0 Å². The summed E-state index contributed by atoms with van der Waals surface area (Å²) in [4.78, 5) is 0. The third kappa shape index (κ3) is 10.7. The van der Waals surface area contributed by atoms with Crippen LogP contribution in [0.5, 0.6) is 57.5 Å². The van der Waals surface area contributed by atoms with Crippen LogP contribution in [-0.2, 0) is 21.7 Å². The number of ether oxygens (including phenoxy) is 5. The van der Waals surface area contributed by atoms with Gasteiger partial charge in [0, 0.05) is 46.8 Å². The SMILES string of the molecule is CC(C)(C)c1cc(Oc2cccc(Oc3cccc(N)c3)c2)c(C(C)(C)C)c(Oc2cc(C(C)(C)C)cc(Oc3cccc(Oc4cccc(N)c4)c3)c2C(C)(C)C)c1. The van der Waals surface area contributed by atoms with E-state index in [1.807, 2.05) is 84.9 Å². The highest BCUT2D eigenvalue weighted by atomic mass is 16.5. The van der Waals surface area contributed by atoms with Crippen LogP contribution in [0, 0.1) is 0 Å². The third-order valence-electron chi connectivity index (χ3n) is 9.84. The highest BCUT2D eigenvalue weighted by Gasteiger charge is 2.32. The molecule has 0 aliphatic heterocycles. The summed E-state index contributed by atoms with van der Waals surface area (Å²) < 4.78 is 33.4. The van der Waals surface area contributed by atoms with Crippen molar-refractivity contribution in [3.8, 4) is 57.5 Å². The summed E-state index contributed by atoms with van der Waals surface area (Å²) >= 11 is 0. The van der Waals surface area contributed by atoms with Crippen molar-refractivity contribution in [3.05, 3.63) is 144 Å². The molecule has 0 unspecified atom stereocenters. The van der Waals surface area contributed by atoms with Crippen LogP contribution in [0.15, 0.2) is 121 Å². The maximum atomic E-state index is 7.32. The normalized spacial score (nSPS) is 12.2. The van der Waals surface area contributed by atoms with E-state index in [4.69, 9.17) is 35.2 Å². The van der Waals surface area contributed by atoms with E-state index in [1.165, 1.54) is 0 Å². The molecule has 0 aromatic heterocycles. The second-order valence-corrected chi connectivity index (χ2v) is 19.3. The minimum Gasteiger partial charge on any atom is -0.457 e. The van der Waals surface area contributed by atoms with Crippen LogP contribution >= 0.6 is 0 Å². The zero-order valence-corrected chi connectivity index (χ0v) is 36.7. The summed E-state index contributed by atoms with van der Waals surface area (Å²) in [5.74, 6) is 6.69. The molecule has 6 rings (SSSR count). The average Bonchev–Trinajstić information content (AvgIpc) is 3.10. The van der Waals surface area contributed by atoms with Gasteiger partial charge in [-0.2, -0.15) is 0 Å². The fourth-order valence-corrected chi connectivity index (χ4v) is 6.85. The maximum Gasteiger partial charge on any atom is 0.135 e. The number of nitrogen functional groups attached to an aromatic ring is 2. The Kier molecular flexibility index (Phi) is 11.7. The van der Waals surface area contributed by atoms with Crippen LogP contribution in [0.25, 0.3) is 0 Å². The Morgan fingerprint density at radius 1 is 0.305 bits per heavy atom. The first-order valence-electron chi connectivity index (χ1n) is 20.2. The Bertz CT molecular complexity index is 2270. The lowest BCUT2D eigenvalue weighted by molar-refractivity contribution is 0.396. The Morgan fingerprint density at radius 2 is 0.576 bits per heavy atom. The van der Waals surface area contributed by atoms with Crippen LogP contribution in [0.2, 0.25) is 0 Å². The van der Waals surface area contributed by atoms with E-state index in [0.717, 1.165) is 22.3 Å². The largest absolute Gasteiger partial charge is 0.457 e. The van der Waals surface area contributed by atoms with Crippen molar-refractivity contribution < 1.29 is 23.7 Å². The van der Waals surface area contributed by atoms with E-state index in [0.29, 0.717) is 68.9 Å². The van der Waals surface area contributed by atoms with Crippen LogP contribution < -0.4 is 35.2 Å². The van der Waals surface area contributed by atoms with Crippen LogP contribution in [0.1, 0.15) is 105 Å². The minimum absolute atomic E-state index is 0.224. The summed E-state index contributed by atoms with van der Waals surface area (Å²) in [5.41, 5.74) is 16.1. The molecule has 7 nitrogen and oxygen atoms in total. The Balaban J connectivity index is 1.47. The molecule has 0 heterocycles. The van der Waals surface area contributed by atoms with Crippen LogP contribution in [0.3, 0.4) is 0 Å². The molecular weight excluding hydrogens is 733 g/mol. The van der Waals surface area contributed by atoms with Gasteiger partial charge in [0.25, 0.3) is 0 Å². The molecular formula is C52H60N2O5. The standard InChI is InChI=1S/C52H60N2O5/c1-49(2,3)33-25-43(57-41-23-15-21-39(31-41)55-37-19-13-17-35(53)29-37)47(51(7,8)9)45(27-33)59-46-28-34(50(4,5)6)26-44(48(46)52(10,11)12)58-42-24-16-22-40(32-42)56-38-20-14-18-36(54)30-38/h13-32H,53-54H2,1-12H3. The second kappa shape index (κ2) is 16.3. The number of benzene rings is 6. The van der Waals surface area contributed by atoms with Gasteiger partial charge in [-0.3, -0.25) is 0 Å². The van der Waals surface area contributed by atoms with Crippen molar-refractivity contribution in [2.24, 2.45) is 0 Å². The van der Waals surface area contributed by atoms with Gasteiger partial charge in [-0.15, -0.1) is 0 Å². The van der Waals surface area contributed by atoms with Gasteiger partial charge in [-0.05, 0) is 106 Å². The van der Waals surface area contributed by atoms with E-state index in [-0.39, 0.29) is 21.7 Å². The summed E-state index contributed by atoms with van der Waals surface area (Å²) in [7, 11) is 0. The van der Waals surface area contributed by atoms with Gasteiger partial charge >= 0.3 is 0 Å². The number of nitrogens with two attached hydrogens (primary N) is 2. The molecule has 0 spiro atoms. The van der Waals surface area contributed by atoms with E-state index in [1.54, 1.807) is 12.1 Å². The van der Waals surface area contributed by atoms with Gasteiger partial charge in [-0.1, -0.05) is 107 Å². The van der Waals surface area contributed by atoms with Crippen molar-refractivity contribution in [1.29, 1.82) is 0 Å². The summed E-state index contributed by atoms with van der Waals surface area (Å²) in [6.07, 6.45) is 0. The third-order valence-corrected chi connectivity index (χ3v) is 9.84. The van der Waals surface area contributed by atoms with Crippen LogP contribution in [-0.4, -0.2) is 0 Å². The number of hydrogen-bond acceptors (Lipinski definition) is 7. The van der Waals surface area contributed by atoms with E-state index >= 15 is 0 Å². The highest BCUT2D eigenvalue weighted by molar-refractivity contribution is 5.60. The molecule has 0 saturated carbocycles. The lowest BCUT2D eigenvalue weighted by Crippen LogP contribution is -2.20. The lowest BCUT2D eigenvalue weighted by atomic mass is 9.80. The van der Waals surface area contributed by atoms with Gasteiger partial charge < -0.3 is 35.2 Å². The molecule has 7 heteroatoms. The smallest absolute Gasteiger partial charge is 0.135 e.